The van der Waals surface area contributed by atoms with Gasteiger partial charge in [0.25, 0.3) is 10.0 Å². The highest BCUT2D eigenvalue weighted by Gasteiger charge is 2.37. The molecule has 7 nitrogen and oxygen atoms in total. The maximum Gasteiger partial charge on any atom is 0.262 e. The molecule has 1 N–H and O–H groups in total. The number of rotatable bonds is 4. The molecule has 1 amide bonds. The summed E-state index contributed by atoms with van der Waals surface area (Å²) < 4.78 is 53.0. The first-order valence-corrected chi connectivity index (χ1v) is 11.0. The Hall–Kier alpha value is -2.39. The third kappa shape index (κ3) is 3.32. The molecule has 0 atom stereocenters. The lowest BCUT2D eigenvalue weighted by atomic mass is 10.1. The van der Waals surface area contributed by atoms with Crippen molar-refractivity contribution in [1.29, 1.82) is 0 Å². The van der Waals surface area contributed by atoms with Crippen molar-refractivity contribution < 1.29 is 21.6 Å². The van der Waals surface area contributed by atoms with Crippen molar-refractivity contribution >= 4 is 37.3 Å². The Morgan fingerprint density at radius 1 is 1.04 bits per heavy atom. The molecule has 1 aliphatic heterocycles. The van der Waals surface area contributed by atoms with E-state index >= 15 is 0 Å². The molecule has 0 unspecified atom stereocenters. The second-order valence-electron chi connectivity index (χ2n) is 6.10. The van der Waals surface area contributed by atoms with Crippen LogP contribution in [0.15, 0.2) is 47.4 Å². The second-order valence-corrected chi connectivity index (χ2v) is 9.66. The van der Waals surface area contributed by atoms with Gasteiger partial charge in [-0.3, -0.25) is 9.52 Å². The monoisotopic (exact) mass is 394 g/mol. The van der Waals surface area contributed by atoms with Crippen molar-refractivity contribution in [2.75, 3.05) is 14.8 Å². The van der Waals surface area contributed by atoms with Crippen molar-refractivity contribution in [3.05, 3.63) is 53.6 Å². The minimum atomic E-state index is -3.86. The van der Waals surface area contributed by atoms with Gasteiger partial charge in [0.15, 0.2) is 0 Å². The molecule has 3 rings (SSSR count). The minimum absolute atomic E-state index is 0.0640. The molecular formula is C17H18N2O5S2. The number of nitrogens with zero attached hydrogens (tertiary/aromatic N) is 1. The van der Waals surface area contributed by atoms with Gasteiger partial charge in [-0.2, -0.15) is 0 Å². The molecule has 26 heavy (non-hydrogen) atoms. The first-order chi connectivity index (χ1) is 12.1. The summed E-state index contributed by atoms with van der Waals surface area (Å²) in [6.07, 6.45) is -0.0734. The lowest BCUT2D eigenvalue weighted by Crippen LogP contribution is -2.29. The number of amides is 1. The minimum Gasteiger partial charge on any atom is -0.280 e. The first kappa shape index (κ1) is 18.4. The number of benzene rings is 2. The number of hydrogen-bond acceptors (Lipinski definition) is 5. The molecule has 0 bridgehead atoms. The summed E-state index contributed by atoms with van der Waals surface area (Å²) in [6.45, 7) is 3.15. The van der Waals surface area contributed by atoms with Crippen LogP contribution in [0.3, 0.4) is 0 Å². The quantitative estimate of drug-likeness (QED) is 0.856. The number of anilines is 2. The Morgan fingerprint density at radius 3 is 2.12 bits per heavy atom. The van der Waals surface area contributed by atoms with Crippen LogP contribution in [0.5, 0.6) is 0 Å². The van der Waals surface area contributed by atoms with Crippen molar-refractivity contribution in [2.45, 2.75) is 25.2 Å². The van der Waals surface area contributed by atoms with Crippen LogP contribution in [-0.2, 0) is 24.8 Å². The van der Waals surface area contributed by atoms with Crippen molar-refractivity contribution in [1.82, 2.24) is 0 Å². The lowest BCUT2D eigenvalue weighted by molar-refractivity contribution is -0.116. The number of carbonyl (C=O) groups is 1. The van der Waals surface area contributed by atoms with Gasteiger partial charge in [0.2, 0.25) is 15.9 Å². The lowest BCUT2D eigenvalue weighted by Gasteiger charge is -2.19. The molecule has 9 heteroatoms. The Bertz CT molecular complexity index is 1050. The van der Waals surface area contributed by atoms with Gasteiger partial charge in [0.1, 0.15) is 0 Å². The van der Waals surface area contributed by atoms with Crippen molar-refractivity contribution in [3.63, 3.8) is 0 Å². The predicted molar refractivity (Wildman–Crippen MR) is 99.1 cm³/mol. The Morgan fingerprint density at radius 2 is 1.62 bits per heavy atom. The predicted octanol–water partition coefficient (Wildman–Crippen LogP) is 2.17. The molecule has 1 saturated heterocycles. The van der Waals surface area contributed by atoms with E-state index in [1.54, 1.807) is 44.2 Å². The topological polar surface area (TPSA) is 101 Å². The number of hydrogen-bond donors (Lipinski definition) is 1. The van der Waals surface area contributed by atoms with E-state index in [4.69, 9.17) is 0 Å². The Balaban J connectivity index is 2.04. The molecule has 0 aliphatic carbocycles. The summed E-state index contributed by atoms with van der Waals surface area (Å²) in [5.74, 6) is -0.749. The fraction of sp³-hybridized carbons (Fsp3) is 0.235. The van der Waals surface area contributed by atoms with Gasteiger partial charge in [-0.05, 0) is 49.2 Å². The maximum atomic E-state index is 12.8. The van der Waals surface area contributed by atoms with Crippen molar-refractivity contribution in [3.8, 4) is 0 Å². The third-order valence-corrected chi connectivity index (χ3v) is 7.43. The number of carbonyl (C=O) groups excluding carboxylic acids is 1. The molecule has 1 fully saturated rings. The average Bonchev–Trinajstić information content (AvgIpc) is 2.79. The smallest absolute Gasteiger partial charge is 0.262 e. The van der Waals surface area contributed by atoms with Crippen LogP contribution < -0.4 is 9.03 Å². The molecule has 0 saturated carbocycles. The molecule has 1 heterocycles. The van der Waals surface area contributed by atoms with Gasteiger partial charge in [-0.15, -0.1) is 0 Å². The van der Waals surface area contributed by atoms with Crippen LogP contribution >= 0.6 is 0 Å². The number of sulfonamides is 2. The third-order valence-electron chi connectivity index (χ3n) is 4.05. The molecule has 1 aliphatic rings. The highest BCUT2D eigenvalue weighted by Crippen LogP contribution is 2.31. The zero-order chi connectivity index (χ0) is 19.1. The summed E-state index contributed by atoms with van der Waals surface area (Å²) in [4.78, 5) is 12.0. The largest absolute Gasteiger partial charge is 0.280 e. The van der Waals surface area contributed by atoms with E-state index in [-0.39, 0.29) is 22.8 Å². The Kier molecular flexibility index (Phi) is 4.53. The highest BCUT2D eigenvalue weighted by molar-refractivity contribution is 7.94. The van der Waals surface area contributed by atoms with E-state index in [9.17, 15) is 21.6 Å². The van der Waals surface area contributed by atoms with E-state index in [1.165, 1.54) is 12.1 Å². The summed E-state index contributed by atoms with van der Waals surface area (Å²) in [7, 11) is -7.56. The number of aryl methyl sites for hydroxylation is 2. The van der Waals surface area contributed by atoms with Gasteiger partial charge in [0.05, 0.1) is 16.3 Å². The first-order valence-electron chi connectivity index (χ1n) is 7.87. The molecule has 138 valence electrons. The fourth-order valence-corrected chi connectivity index (χ4v) is 6.01. The molecule has 0 spiro atoms. The molecule has 2 aromatic carbocycles. The van der Waals surface area contributed by atoms with Crippen molar-refractivity contribution in [2.24, 2.45) is 0 Å². The van der Waals surface area contributed by atoms with E-state index in [0.717, 1.165) is 4.31 Å². The van der Waals surface area contributed by atoms with E-state index in [1.807, 2.05) is 0 Å². The van der Waals surface area contributed by atoms with Gasteiger partial charge in [-0.1, -0.05) is 18.2 Å². The van der Waals surface area contributed by atoms with Crippen LogP contribution in [0.2, 0.25) is 0 Å². The van der Waals surface area contributed by atoms with Crippen LogP contribution in [-0.4, -0.2) is 28.5 Å². The Labute approximate surface area is 152 Å². The van der Waals surface area contributed by atoms with Crippen LogP contribution in [0.4, 0.5) is 11.4 Å². The second kappa shape index (κ2) is 6.40. The van der Waals surface area contributed by atoms with Gasteiger partial charge in [-0.25, -0.2) is 21.1 Å². The average molecular weight is 394 g/mol. The van der Waals surface area contributed by atoms with E-state index in [0.29, 0.717) is 16.8 Å². The zero-order valence-electron chi connectivity index (χ0n) is 14.3. The van der Waals surface area contributed by atoms with Gasteiger partial charge >= 0.3 is 0 Å². The van der Waals surface area contributed by atoms with Gasteiger partial charge < -0.3 is 0 Å². The fourth-order valence-electron chi connectivity index (χ4n) is 3.05. The van der Waals surface area contributed by atoms with Gasteiger partial charge in [0, 0.05) is 12.1 Å². The number of para-hydroxylation sites is 1. The number of nitrogens with one attached hydrogen (secondary N) is 1. The zero-order valence-corrected chi connectivity index (χ0v) is 15.9. The van der Waals surface area contributed by atoms with Crippen LogP contribution in [0.1, 0.15) is 17.5 Å². The molecule has 2 aromatic rings. The SMILES string of the molecule is Cc1cc(N2C(=O)CCS2(=O)=O)cc(C)c1S(=O)(=O)Nc1ccccc1. The highest BCUT2D eigenvalue weighted by atomic mass is 32.2. The summed E-state index contributed by atoms with van der Waals surface area (Å²) in [5.41, 5.74) is 1.31. The van der Waals surface area contributed by atoms with E-state index in [2.05, 4.69) is 4.72 Å². The summed E-state index contributed by atoms with van der Waals surface area (Å²) >= 11 is 0. The summed E-state index contributed by atoms with van der Waals surface area (Å²) in [6, 6.07) is 11.3. The molecular weight excluding hydrogens is 376 g/mol. The molecule has 0 radical (unpaired) electrons. The van der Waals surface area contributed by atoms with Crippen LogP contribution in [0.25, 0.3) is 0 Å². The maximum absolute atomic E-state index is 12.8. The normalized spacial score (nSPS) is 16.7. The van der Waals surface area contributed by atoms with Crippen LogP contribution in [0, 0.1) is 13.8 Å². The molecule has 0 aromatic heterocycles. The summed E-state index contributed by atoms with van der Waals surface area (Å²) in [5, 5.41) is 0. The van der Waals surface area contributed by atoms with E-state index < -0.39 is 26.0 Å². The standard InChI is InChI=1S/C17H18N2O5S2/c1-12-10-15(19-16(20)8-9-25(19,21)22)11-13(2)17(12)26(23,24)18-14-6-4-3-5-7-14/h3-7,10-11,18H,8-9H2,1-2H3.